The number of sulfonamides is 1. The van der Waals surface area contributed by atoms with Crippen LogP contribution in [-0.4, -0.2) is 34.1 Å². The summed E-state index contributed by atoms with van der Waals surface area (Å²) >= 11 is 0. The molecule has 0 heterocycles. The Hall–Kier alpha value is -3.52. The number of benzene rings is 3. The molecule has 3 aromatic carbocycles. The summed E-state index contributed by atoms with van der Waals surface area (Å²) in [5, 5.41) is 2.77. The largest absolute Gasteiger partial charge is 0.495 e. The molecule has 0 saturated heterocycles. The normalized spacial score (nSPS) is 11.2. The highest BCUT2D eigenvalue weighted by atomic mass is 32.2. The second kappa shape index (κ2) is 10.6. The first-order valence-corrected chi connectivity index (χ1v) is 12.3. The minimum atomic E-state index is -4.06. The molecule has 180 valence electrons. The van der Waals surface area contributed by atoms with Crippen LogP contribution in [0.25, 0.3) is 0 Å². The minimum absolute atomic E-state index is 0.0327. The van der Waals surface area contributed by atoms with Crippen LogP contribution in [0, 0.1) is 13.8 Å². The summed E-state index contributed by atoms with van der Waals surface area (Å²) in [6.45, 7) is 7.15. The second-order valence-corrected chi connectivity index (χ2v) is 10.1. The van der Waals surface area contributed by atoms with Gasteiger partial charge in [0.15, 0.2) is 0 Å². The van der Waals surface area contributed by atoms with Gasteiger partial charge >= 0.3 is 0 Å². The molecule has 0 aliphatic heterocycles. The van der Waals surface area contributed by atoms with Gasteiger partial charge < -0.3 is 14.8 Å². The van der Waals surface area contributed by atoms with Crippen LogP contribution in [0.1, 0.15) is 25.0 Å². The van der Waals surface area contributed by atoms with Gasteiger partial charge in [0.05, 0.1) is 23.8 Å². The Kier molecular flexibility index (Phi) is 7.83. The van der Waals surface area contributed by atoms with Crippen molar-refractivity contribution in [3.05, 3.63) is 77.9 Å². The number of hydrogen-bond donors (Lipinski definition) is 1. The van der Waals surface area contributed by atoms with Crippen molar-refractivity contribution in [3.8, 4) is 11.5 Å². The average molecular weight is 483 g/mol. The van der Waals surface area contributed by atoms with Gasteiger partial charge in [-0.25, -0.2) is 8.42 Å². The number of amides is 1. The van der Waals surface area contributed by atoms with Crippen LogP contribution in [0.2, 0.25) is 0 Å². The predicted molar refractivity (Wildman–Crippen MR) is 134 cm³/mol. The average Bonchev–Trinajstić information content (AvgIpc) is 2.78. The highest BCUT2D eigenvalue weighted by molar-refractivity contribution is 7.92. The van der Waals surface area contributed by atoms with Gasteiger partial charge in [0.2, 0.25) is 5.91 Å². The van der Waals surface area contributed by atoms with E-state index in [1.54, 1.807) is 48.5 Å². The van der Waals surface area contributed by atoms with Crippen LogP contribution in [0.15, 0.2) is 71.6 Å². The van der Waals surface area contributed by atoms with E-state index in [-0.39, 0.29) is 11.0 Å². The van der Waals surface area contributed by atoms with E-state index in [2.05, 4.69) is 5.32 Å². The smallest absolute Gasteiger partial charge is 0.264 e. The maximum Gasteiger partial charge on any atom is 0.264 e. The predicted octanol–water partition coefficient (Wildman–Crippen LogP) is 4.93. The molecule has 34 heavy (non-hydrogen) atoms. The van der Waals surface area contributed by atoms with E-state index in [9.17, 15) is 13.2 Å². The fraction of sp³-hybridized carbons (Fsp3) is 0.269. The van der Waals surface area contributed by atoms with Crippen LogP contribution in [-0.2, 0) is 14.8 Å². The van der Waals surface area contributed by atoms with Gasteiger partial charge in [0.25, 0.3) is 10.0 Å². The van der Waals surface area contributed by atoms with Crippen molar-refractivity contribution < 1.29 is 22.7 Å². The third-order valence-corrected chi connectivity index (χ3v) is 6.78. The number of carbonyl (C=O) groups excluding carboxylic acids is 1. The highest BCUT2D eigenvalue weighted by Crippen LogP contribution is 2.33. The van der Waals surface area contributed by atoms with Crippen molar-refractivity contribution in [2.24, 2.45) is 0 Å². The van der Waals surface area contributed by atoms with Crippen LogP contribution in [0.5, 0.6) is 11.5 Å². The molecule has 0 bridgehead atoms. The maximum absolute atomic E-state index is 13.6. The van der Waals surface area contributed by atoms with Crippen molar-refractivity contribution in [2.45, 2.75) is 38.7 Å². The Morgan fingerprint density at radius 1 is 0.941 bits per heavy atom. The highest BCUT2D eigenvalue weighted by Gasteiger charge is 2.29. The van der Waals surface area contributed by atoms with E-state index in [4.69, 9.17) is 9.47 Å². The summed E-state index contributed by atoms with van der Waals surface area (Å²) in [6, 6.07) is 18.6. The van der Waals surface area contributed by atoms with Crippen molar-refractivity contribution in [2.75, 3.05) is 23.3 Å². The topological polar surface area (TPSA) is 84.9 Å². The molecule has 1 N–H and O–H groups in total. The molecule has 1 amide bonds. The van der Waals surface area contributed by atoms with Gasteiger partial charge in [-0.15, -0.1) is 0 Å². The van der Waals surface area contributed by atoms with E-state index < -0.39 is 22.5 Å². The summed E-state index contributed by atoms with van der Waals surface area (Å²) in [5.74, 6) is 0.544. The van der Waals surface area contributed by atoms with E-state index in [1.165, 1.54) is 19.2 Å². The molecular formula is C26H30N2O5S. The van der Waals surface area contributed by atoms with Gasteiger partial charge in [-0.3, -0.25) is 9.10 Å². The van der Waals surface area contributed by atoms with Crippen molar-refractivity contribution >= 4 is 27.3 Å². The van der Waals surface area contributed by atoms with E-state index in [1.807, 2.05) is 33.8 Å². The Balaban J connectivity index is 1.93. The number of nitrogens with one attached hydrogen (secondary N) is 1. The molecule has 0 saturated carbocycles. The monoisotopic (exact) mass is 482 g/mol. The van der Waals surface area contributed by atoms with Crippen LogP contribution >= 0.6 is 0 Å². The SMILES string of the molecule is COc1ccc(C)cc1N(CC(=O)Nc1ccc(OC(C)C)cc1)S(=O)(=O)c1ccc(C)cc1. The zero-order valence-corrected chi connectivity index (χ0v) is 20.8. The molecule has 7 nitrogen and oxygen atoms in total. The number of rotatable bonds is 9. The van der Waals surface area contributed by atoms with Crippen LogP contribution in [0.4, 0.5) is 11.4 Å². The lowest BCUT2D eigenvalue weighted by Gasteiger charge is -2.26. The summed E-state index contributed by atoms with van der Waals surface area (Å²) in [7, 11) is -2.59. The maximum atomic E-state index is 13.6. The molecule has 0 radical (unpaired) electrons. The number of anilines is 2. The van der Waals surface area contributed by atoms with Crippen LogP contribution < -0.4 is 19.1 Å². The number of methoxy groups -OCH3 is 1. The number of aryl methyl sites for hydroxylation is 2. The first-order valence-electron chi connectivity index (χ1n) is 10.9. The Labute approximate surface area is 201 Å². The Bertz CT molecular complexity index is 1240. The minimum Gasteiger partial charge on any atom is -0.495 e. The molecule has 0 spiro atoms. The molecule has 0 atom stereocenters. The van der Waals surface area contributed by atoms with E-state index in [0.29, 0.717) is 22.9 Å². The van der Waals surface area contributed by atoms with Gasteiger partial charge in [-0.05, 0) is 81.8 Å². The van der Waals surface area contributed by atoms with Crippen LogP contribution in [0.3, 0.4) is 0 Å². The van der Waals surface area contributed by atoms with Crippen molar-refractivity contribution in [1.29, 1.82) is 0 Å². The van der Waals surface area contributed by atoms with E-state index >= 15 is 0 Å². The van der Waals surface area contributed by atoms with Gasteiger partial charge in [-0.1, -0.05) is 23.8 Å². The van der Waals surface area contributed by atoms with Gasteiger partial charge in [0.1, 0.15) is 18.0 Å². The van der Waals surface area contributed by atoms with Gasteiger partial charge in [0, 0.05) is 5.69 Å². The standard InChI is InChI=1S/C26H30N2O5S/c1-18(2)33-22-11-9-21(10-12-22)27-26(29)17-28(24-16-20(4)8-15-25(24)32-5)34(30,31)23-13-6-19(3)7-14-23/h6-16,18H,17H2,1-5H3,(H,27,29). The molecule has 0 aliphatic rings. The molecule has 0 unspecified atom stereocenters. The molecular weight excluding hydrogens is 452 g/mol. The second-order valence-electron chi connectivity index (χ2n) is 8.24. The third-order valence-electron chi connectivity index (χ3n) is 5.01. The van der Waals surface area contributed by atoms with Crippen molar-refractivity contribution in [1.82, 2.24) is 0 Å². The summed E-state index contributed by atoms with van der Waals surface area (Å²) < 4.78 is 39.4. The third kappa shape index (κ3) is 6.08. The quantitative estimate of drug-likeness (QED) is 0.467. The molecule has 0 aromatic heterocycles. The number of ether oxygens (including phenoxy) is 2. The summed E-state index contributed by atoms with van der Waals surface area (Å²) in [6.07, 6.45) is 0.0327. The molecule has 3 aromatic rings. The fourth-order valence-corrected chi connectivity index (χ4v) is 4.78. The number of carbonyl (C=O) groups is 1. The first-order chi connectivity index (χ1) is 16.1. The number of hydrogen-bond acceptors (Lipinski definition) is 5. The molecule has 0 fully saturated rings. The first kappa shape index (κ1) is 25.1. The summed E-state index contributed by atoms with van der Waals surface area (Å²) in [5.41, 5.74) is 2.59. The number of nitrogens with zero attached hydrogens (tertiary/aromatic N) is 1. The lowest BCUT2D eigenvalue weighted by Crippen LogP contribution is -2.38. The van der Waals surface area contributed by atoms with Crippen molar-refractivity contribution in [3.63, 3.8) is 0 Å². The zero-order chi connectivity index (χ0) is 24.9. The zero-order valence-electron chi connectivity index (χ0n) is 20.0. The summed E-state index contributed by atoms with van der Waals surface area (Å²) in [4.78, 5) is 13.1. The molecule has 0 aliphatic carbocycles. The Morgan fingerprint density at radius 2 is 1.56 bits per heavy atom. The lowest BCUT2D eigenvalue weighted by molar-refractivity contribution is -0.114. The molecule has 3 rings (SSSR count). The molecule has 8 heteroatoms. The lowest BCUT2D eigenvalue weighted by atomic mass is 10.2. The van der Waals surface area contributed by atoms with Gasteiger partial charge in [-0.2, -0.15) is 0 Å². The van der Waals surface area contributed by atoms with E-state index in [0.717, 1.165) is 15.4 Å². The fourth-order valence-electron chi connectivity index (χ4n) is 3.35. The Morgan fingerprint density at radius 3 is 2.15 bits per heavy atom.